The van der Waals surface area contributed by atoms with Crippen LogP contribution in [0.2, 0.25) is 5.02 Å². The molecule has 0 saturated heterocycles. The molecule has 0 aliphatic heterocycles. The largest absolute Gasteiger partial charge is 0.489 e. The van der Waals surface area contributed by atoms with Gasteiger partial charge >= 0.3 is 5.97 Å². The number of benzene rings is 2. The number of H-pyrrole nitrogens is 1. The van der Waals surface area contributed by atoms with Crippen molar-refractivity contribution in [3.05, 3.63) is 64.3 Å². The Bertz CT molecular complexity index is 914. The third kappa shape index (κ3) is 3.80. The van der Waals surface area contributed by atoms with Crippen LogP contribution in [-0.4, -0.2) is 17.1 Å². The zero-order valence-corrected chi connectivity index (χ0v) is 15.2. The number of ether oxygens (including phenoxy) is 2. The maximum Gasteiger partial charge on any atom is 0.340 e. The van der Waals surface area contributed by atoms with Gasteiger partial charge in [-0.05, 0) is 44.5 Å². The van der Waals surface area contributed by atoms with E-state index in [1.165, 1.54) is 0 Å². The molecular formula is C20H20ClNO3. The van der Waals surface area contributed by atoms with Gasteiger partial charge in [-0.3, -0.25) is 0 Å². The normalized spacial score (nSPS) is 11.1. The molecule has 1 aromatic heterocycles. The second kappa shape index (κ2) is 7.19. The number of hydrogen-bond acceptors (Lipinski definition) is 3. The Hall–Kier alpha value is -2.46. The number of nitrogens with one attached hydrogen (secondary N) is 1. The molecule has 0 bridgehead atoms. The molecule has 0 unspecified atom stereocenters. The summed E-state index contributed by atoms with van der Waals surface area (Å²) in [6.45, 7) is 5.90. The van der Waals surface area contributed by atoms with Gasteiger partial charge in [0.15, 0.2) is 0 Å². The van der Waals surface area contributed by atoms with Crippen LogP contribution >= 0.6 is 11.6 Å². The summed E-state index contributed by atoms with van der Waals surface area (Å²) in [6, 6.07) is 13.1. The van der Waals surface area contributed by atoms with Crippen molar-refractivity contribution in [2.45, 2.75) is 33.5 Å². The number of aromatic amines is 1. The van der Waals surface area contributed by atoms with Crippen molar-refractivity contribution in [3.8, 4) is 5.75 Å². The van der Waals surface area contributed by atoms with E-state index in [9.17, 15) is 4.79 Å². The van der Waals surface area contributed by atoms with Crippen molar-refractivity contribution in [3.63, 3.8) is 0 Å². The highest BCUT2D eigenvalue weighted by Crippen LogP contribution is 2.27. The van der Waals surface area contributed by atoms with Crippen molar-refractivity contribution in [2.24, 2.45) is 0 Å². The van der Waals surface area contributed by atoms with Crippen LogP contribution in [0.4, 0.5) is 0 Å². The Kier molecular flexibility index (Phi) is 5.00. The van der Waals surface area contributed by atoms with Gasteiger partial charge in [-0.2, -0.15) is 0 Å². The van der Waals surface area contributed by atoms with Crippen LogP contribution in [0.1, 0.15) is 35.5 Å². The Morgan fingerprint density at radius 3 is 2.68 bits per heavy atom. The molecular weight excluding hydrogens is 338 g/mol. The quantitative estimate of drug-likeness (QED) is 0.632. The Morgan fingerprint density at radius 1 is 1.20 bits per heavy atom. The monoisotopic (exact) mass is 357 g/mol. The summed E-state index contributed by atoms with van der Waals surface area (Å²) < 4.78 is 11.1. The number of rotatable bonds is 5. The van der Waals surface area contributed by atoms with Gasteiger partial charge in [0.25, 0.3) is 0 Å². The molecule has 1 N–H and O–H groups in total. The molecule has 0 amide bonds. The Balaban J connectivity index is 1.74. The minimum atomic E-state index is -0.353. The first-order chi connectivity index (χ1) is 12.0. The van der Waals surface area contributed by atoms with Crippen LogP contribution in [-0.2, 0) is 11.3 Å². The molecule has 3 rings (SSSR count). The second-order valence-corrected chi connectivity index (χ2v) is 6.59. The molecule has 0 fully saturated rings. The van der Waals surface area contributed by atoms with E-state index in [4.69, 9.17) is 21.1 Å². The molecule has 0 saturated carbocycles. The smallest absolute Gasteiger partial charge is 0.340 e. The lowest BCUT2D eigenvalue weighted by molar-refractivity contribution is 0.0474. The van der Waals surface area contributed by atoms with Crippen molar-refractivity contribution in [1.29, 1.82) is 0 Å². The van der Waals surface area contributed by atoms with E-state index in [0.717, 1.165) is 22.2 Å². The average molecular weight is 358 g/mol. The fraction of sp³-hybridized carbons (Fsp3) is 0.250. The number of esters is 1. The third-order valence-electron chi connectivity index (χ3n) is 3.83. The molecule has 0 atom stereocenters. The standard InChI is InChI=1S/C20H20ClNO3/c1-12(2)25-18-9-8-14(10-16(18)21)11-24-20(23)19-13(3)22-17-7-5-4-6-15(17)19/h4-10,12,22H,11H2,1-3H3. The van der Waals surface area contributed by atoms with Gasteiger partial charge < -0.3 is 14.5 Å². The molecule has 2 aromatic carbocycles. The van der Waals surface area contributed by atoms with Crippen molar-refractivity contribution >= 4 is 28.5 Å². The van der Waals surface area contributed by atoms with E-state index in [-0.39, 0.29) is 18.7 Å². The zero-order chi connectivity index (χ0) is 18.0. The Morgan fingerprint density at radius 2 is 1.96 bits per heavy atom. The number of para-hydroxylation sites is 1. The maximum absolute atomic E-state index is 12.5. The van der Waals surface area contributed by atoms with E-state index in [1.807, 2.05) is 51.1 Å². The number of aryl methyl sites for hydroxylation is 1. The fourth-order valence-corrected chi connectivity index (χ4v) is 2.99. The molecule has 0 aliphatic carbocycles. The third-order valence-corrected chi connectivity index (χ3v) is 4.12. The number of aromatic nitrogens is 1. The van der Waals surface area contributed by atoms with E-state index in [1.54, 1.807) is 12.1 Å². The van der Waals surface area contributed by atoms with Crippen LogP contribution in [0.25, 0.3) is 10.9 Å². The Labute approximate surface area is 151 Å². The van der Waals surface area contributed by atoms with E-state index >= 15 is 0 Å². The first-order valence-corrected chi connectivity index (χ1v) is 8.53. The maximum atomic E-state index is 12.5. The van der Waals surface area contributed by atoms with Crippen LogP contribution < -0.4 is 4.74 Å². The fourth-order valence-electron chi connectivity index (χ4n) is 2.74. The summed E-state index contributed by atoms with van der Waals surface area (Å²) >= 11 is 6.22. The number of carbonyl (C=O) groups is 1. The van der Waals surface area contributed by atoms with Crippen LogP contribution in [0, 0.1) is 6.92 Å². The molecule has 4 nitrogen and oxygen atoms in total. The lowest BCUT2D eigenvalue weighted by Crippen LogP contribution is -2.07. The van der Waals surface area contributed by atoms with Crippen molar-refractivity contribution < 1.29 is 14.3 Å². The van der Waals surface area contributed by atoms with Gasteiger partial charge in [-0.15, -0.1) is 0 Å². The summed E-state index contributed by atoms with van der Waals surface area (Å²) in [5.74, 6) is 0.271. The molecule has 0 aliphatic rings. The lowest BCUT2D eigenvalue weighted by atomic mass is 10.1. The molecule has 1 heterocycles. The van der Waals surface area contributed by atoms with E-state index < -0.39 is 0 Å². The van der Waals surface area contributed by atoms with Gasteiger partial charge in [-0.25, -0.2) is 4.79 Å². The van der Waals surface area contributed by atoms with Gasteiger partial charge in [0.2, 0.25) is 0 Å². The van der Waals surface area contributed by atoms with Crippen LogP contribution in [0.15, 0.2) is 42.5 Å². The van der Waals surface area contributed by atoms with Gasteiger partial charge in [0.1, 0.15) is 12.4 Å². The average Bonchev–Trinajstić information content (AvgIpc) is 2.90. The van der Waals surface area contributed by atoms with Crippen molar-refractivity contribution in [2.75, 3.05) is 0 Å². The summed E-state index contributed by atoms with van der Waals surface area (Å²) in [6.07, 6.45) is 0.0472. The van der Waals surface area contributed by atoms with Gasteiger partial charge in [0, 0.05) is 16.6 Å². The highest BCUT2D eigenvalue weighted by molar-refractivity contribution is 6.32. The van der Waals surface area contributed by atoms with Crippen LogP contribution in [0.3, 0.4) is 0 Å². The molecule has 3 aromatic rings. The highest BCUT2D eigenvalue weighted by atomic mass is 35.5. The van der Waals surface area contributed by atoms with Crippen molar-refractivity contribution in [1.82, 2.24) is 4.98 Å². The summed E-state index contributed by atoms with van der Waals surface area (Å²) in [7, 11) is 0. The van der Waals surface area contributed by atoms with E-state index in [2.05, 4.69) is 4.98 Å². The highest BCUT2D eigenvalue weighted by Gasteiger charge is 2.17. The summed E-state index contributed by atoms with van der Waals surface area (Å²) in [4.78, 5) is 15.7. The number of halogens is 1. The van der Waals surface area contributed by atoms with Gasteiger partial charge in [-0.1, -0.05) is 35.9 Å². The SMILES string of the molecule is Cc1[nH]c2ccccc2c1C(=O)OCc1ccc(OC(C)C)c(Cl)c1. The minimum Gasteiger partial charge on any atom is -0.489 e. The number of fused-ring (bicyclic) bond motifs is 1. The second-order valence-electron chi connectivity index (χ2n) is 6.18. The lowest BCUT2D eigenvalue weighted by Gasteiger charge is -2.12. The minimum absolute atomic E-state index is 0.0472. The zero-order valence-electron chi connectivity index (χ0n) is 14.4. The summed E-state index contributed by atoms with van der Waals surface area (Å²) in [5.41, 5.74) is 3.10. The first-order valence-electron chi connectivity index (χ1n) is 8.15. The molecule has 0 radical (unpaired) electrons. The van der Waals surface area contributed by atoms with Gasteiger partial charge in [0.05, 0.1) is 16.7 Å². The van der Waals surface area contributed by atoms with Crippen LogP contribution in [0.5, 0.6) is 5.75 Å². The molecule has 0 spiro atoms. The molecule has 130 valence electrons. The van der Waals surface area contributed by atoms with E-state index in [0.29, 0.717) is 16.3 Å². The molecule has 25 heavy (non-hydrogen) atoms. The number of hydrogen-bond donors (Lipinski definition) is 1. The number of carbonyl (C=O) groups excluding carboxylic acids is 1. The first kappa shape index (κ1) is 17.4. The summed E-state index contributed by atoms with van der Waals surface area (Å²) in [5, 5.41) is 1.37. The predicted molar refractivity (Wildman–Crippen MR) is 99.4 cm³/mol. The molecule has 5 heteroatoms. The topological polar surface area (TPSA) is 51.3 Å². The predicted octanol–water partition coefficient (Wildman–Crippen LogP) is 5.27.